The van der Waals surface area contributed by atoms with E-state index in [1.54, 1.807) is 10.9 Å². The predicted octanol–water partition coefficient (Wildman–Crippen LogP) is 0.729. The van der Waals surface area contributed by atoms with Crippen LogP contribution in [0.2, 0.25) is 5.15 Å². The second-order valence-electron chi connectivity index (χ2n) is 4.31. The third kappa shape index (κ3) is 2.78. The van der Waals surface area contributed by atoms with Gasteiger partial charge in [0.25, 0.3) is 5.56 Å². The van der Waals surface area contributed by atoms with Gasteiger partial charge in [-0.25, -0.2) is 4.79 Å². The van der Waals surface area contributed by atoms with E-state index in [9.17, 15) is 9.59 Å². The normalized spacial score (nSPS) is 10.9. The van der Waals surface area contributed by atoms with Gasteiger partial charge in [-0.15, -0.1) is 0 Å². The summed E-state index contributed by atoms with van der Waals surface area (Å²) in [4.78, 5) is 26.4. The van der Waals surface area contributed by atoms with E-state index >= 15 is 0 Å². The summed E-state index contributed by atoms with van der Waals surface area (Å²) >= 11 is 5.85. The first-order valence-electron chi connectivity index (χ1n) is 6.02. The Bertz CT molecular complexity index is 698. The molecule has 0 aromatic carbocycles. The standard InChI is InChI=1S/C12H15ClN4O2/c1-3-9-10(13)15-12(19)17(11(9)18)5-4-8-6-14-16(2)7-8/h6-7H,3-5H2,1-2H3,(H,15,19). The smallest absolute Gasteiger partial charge is 0.297 e. The lowest BCUT2D eigenvalue weighted by atomic mass is 10.2. The molecule has 0 fully saturated rings. The summed E-state index contributed by atoms with van der Waals surface area (Å²) in [7, 11) is 1.82. The number of nitrogens with zero attached hydrogens (tertiary/aromatic N) is 3. The lowest BCUT2D eigenvalue weighted by Gasteiger charge is -2.07. The Morgan fingerprint density at radius 3 is 2.74 bits per heavy atom. The highest BCUT2D eigenvalue weighted by Crippen LogP contribution is 2.06. The molecule has 0 unspecified atom stereocenters. The van der Waals surface area contributed by atoms with Crippen LogP contribution in [0.1, 0.15) is 18.1 Å². The summed E-state index contributed by atoms with van der Waals surface area (Å²) in [6, 6.07) is 0. The van der Waals surface area contributed by atoms with Crippen LogP contribution in [-0.4, -0.2) is 19.3 Å². The average molecular weight is 283 g/mol. The zero-order valence-electron chi connectivity index (χ0n) is 10.8. The molecule has 1 N–H and O–H groups in total. The van der Waals surface area contributed by atoms with Gasteiger partial charge in [-0.05, 0) is 18.4 Å². The third-order valence-electron chi connectivity index (χ3n) is 2.97. The van der Waals surface area contributed by atoms with E-state index in [4.69, 9.17) is 11.6 Å². The van der Waals surface area contributed by atoms with Gasteiger partial charge in [0.1, 0.15) is 5.15 Å². The van der Waals surface area contributed by atoms with Crippen LogP contribution in [0.4, 0.5) is 0 Å². The van der Waals surface area contributed by atoms with Crippen molar-refractivity contribution in [2.24, 2.45) is 7.05 Å². The molecule has 7 heteroatoms. The van der Waals surface area contributed by atoms with Gasteiger partial charge in [-0.2, -0.15) is 5.10 Å². The molecule has 0 amide bonds. The minimum atomic E-state index is -0.476. The Hall–Kier alpha value is -1.82. The van der Waals surface area contributed by atoms with E-state index < -0.39 is 5.69 Å². The fourth-order valence-corrected chi connectivity index (χ4v) is 2.23. The van der Waals surface area contributed by atoms with Crippen LogP contribution in [0.25, 0.3) is 0 Å². The molecule has 2 aromatic rings. The number of aromatic nitrogens is 4. The van der Waals surface area contributed by atoms with Crippen molar-refractivity contribution in [3.8, 4) is 0 Å². The first-order chi connectivity index (χ1) is 9.02. The molecule has 2 aromatic heterocycles. The molecule has 102 valence electrons. The minimum Gasteiger partial charge on any atom is -0.297 e. The Balaban J connectivity index is 2.30. The fraction of sp³-hybridized carbons (Fsp3) is 0.417. The Morgan fingerprint density at radius 1 is 1.42 bits per heavy atom. The molecule has 0 aliphatic heterocycles. The monoisotopic (exact) mass is 282 g/mol. The zero-order valence-corrected chi connectivity index (χ0v) is 11.6. The van der Waals surface area contributed by atoms with Gasteiger partial charge in [0, 0.05) is 19.8 Å². The van der Waals surface area contributed by atoms with Crippen LogP contribution in [-0.2, 0) is 26.4 Å². The Kier molecular flexibility index (Phi) is 3.90. The number of H-pyrrole nitrogens is 1. The number of nitrogens with one attached hydrogen (secondary N) is 1. The van der Waals surface area contributed by atoms with Crippen molar-refractivity contribution in [3.05, 3.63) is 49.5 Å². The number of aryl methyl sites for hydroxylation is 2. The van der Waals surface area contributed by atoms with Crippen molar-refractivity contribution in [1.29, 1.82) is 0 Å². The van der Waals surface area contributed by atoms with Crippen molar-refractivity contribution in [2.75, 3.05) is 0 Å². The number of aromatic amines is 1. The summed E-state index contributed by atoms with van der Waals surface area (Å²) in [5.74, 6) is 0. The lowest BCUT2D eigenvalue weighted by Crippen LogP contribution is -2.37. The number of rotatable bonds is 4. The van der Waals surface area contributed by atoms with Crippen molar-refractivity contribution in [2.45, 2.75) is 26.3 Å². The quantitative estimate of drug-likeness (QED) is 0.840. The second-order valence-corrected chi connectivity index (χ2v) is 4.68. The summed E-state index contributed by atoms with van der Waals surface area (Å²) in [5, 5.41) is 4.18. The van der Waals surface area contributed by atoms with E-state index in [2.05, 4.69) is 10.1 Å². The largest absolute Gasteiger partial charge is 0.329 e. The molecular weight excluding hydrogens is 268 g/mol. The molecule has 0 radical (unpaired) electrons. The van der Waals surface area contributed by atoms with Gasteiger partial charge >= 0.3 is 5.69 Å². The van der Waals surface area contributed by atoms with Gasteiger partial charge in [0.15, 0.2) is 0 Å². The van der Waals surface area contributed by atoms with Gasteiger partial charge in [-0.1, -0.05) is 18.5 Å². The Morgan fingerprint density at radius 2 is 2.16 bits per heavy atom. The van der Waals surface area contributed by atoms with Gasteiger partial charge in [0.05, 0.1) is 11.8 Å². The maximum absolute atomic E-state index is 12.1. The summed E-state index contributed by atoms with van der Waals surface area (Å²) in [6.45, 7) is 2.14. The second kappa shape index (κ2) is 5.44. The van der Waals surface area contributed by atoms with Crippen LogP contribution in [0.15, 0.2) is 22.0 Å². The topological polar surface area (TPSA) is 72.7 Å². The molecule has 0 aliphatic carbocycles. The van der Waals surface area contributed by atoms with Gasteiger partial charge in [-0.3, -0.25) is 19.0 Å². The molecular formula is C12H15ClN4O2. The van der Waals surface area contributed by atoms with Crippen LogP contribution < -0.4 is 11.2 Å². The number of hydrogen-bond acceptors (Lipinski definition) is 3. The van der Waals surface area contributed by atoms with E-state index in [1.165, 1.54) is 4.57 Å². The highest BCUT2D eigenvalue weighted by Gasteiger charge is 2.11. The molecule has 0 aliphatic rings. The SMILES string of the molecule is CCc1c(Cl)[nH]c(=O)n(CCc2cnn(C)c2)c1=O. The van der Waals surface area contributed by atoms with Crippen LogP contribution in [0.5, 0.6) is 0 Å². The minimum absolute atomic E-state index is 0.134. The van der Waals surface area contributed by atoms with Crippen molar-refractivity contribution < 1.29 is 0 Å². The van der Waals surface area contributed by atoms with Crippen LogP contribution in [0.3, 0.4) is 0 Å². The molecule has 0 saturated carbocycles. The maximum Gasteiger partial charge on any atom is 0.329 e. The average Bonchev–Trinajstić information content (AvgIpc) is 2.75. The zero-order chi connectivity index (χ0) is 14.0. The number of hydrogen-bond donors (Lipinski definition) is 1. The fourth-order valence-electron chi connectivity index (χ4n) is 1.94. The Labute approximate surface area is 114 Å². The molecule has 0 atom stereocenters. The van der Waals surface area contributed by atoms with E-state index in [0.717, 1.165) is 5.56 Å². The molecule has 0 saturated heterocycles. The van der Waals surface area contributed by atoms with Crippen molar-refractivity contribution in [3.63, 3.8) is 0 Å². The molecule has 0 spiro atoms. The third-order valence-corrected chi connectivity index (χ3v) is 3.29. The van der Waals surface area contributed by atoms with E-state index in [0.29, 0.717) is 24.9 Å². The molecule has 0 bridgehead atoms. The highest BCUT2D eigenvalue weighted by atomic mass is 35.5. The summed E-state index contributed by atoms with van der Waals surface area (Å²) < 4.78 is 2.86. The van der Waals surface area contributed by atoms with Gasteiger partial charge < -0.3 is 0 Å². The van der Waals surface area contributed by atoms with Crippen LogP contribution >= 0.6 is 11.6 Å². The summed E-state index contributed by atoms with van der Waals surface area (Å²) in [6.07, 6.45) is 4.63. The van der Waals surface area contributed by atoms with Crippen LogP contribution in [0, 0.1) is 0 Å². The van der Waals surface area contributed by atoms with Crippen molar-refractivity contribution in [1.82, 2.24) is 19.3 Å². The summed E-state index contributed by atoms with van der Waals surface area (Å²) in [5.41, 5.74) is 0.616. The number of halogens is 1. The molecule has 2 rings (SSSR count). The van der Waals surface area contributed by atoms with Gasteiger partial charge in [0.2, 0.25) is 0 Å². The lowest BCUT2D eigenvalue weighted by molar-refractivity contribution is 0.619. The predicted molar refractivity (Wildman–Crippen MR) is 72.6 cm³/mol. The molecule has 2 heterocycles. The highest BCUT2D eigenvalue weighted by molar-refractivity contribution is 6.30. The molecule has 6 nitrogen and oxygen atoms in total. The maximum atomic E-state index is 12.1. The van der Waals surface area contributed by atoms with Crippen molar-refractivity contribution >= 4 is 11.6 Å². The first kappa shape index (κ1) is 13.6. The first-order valence-corrected chi connectivity index (χ1v) is 6.39. The van der Waals surface area contributed by atoms with E-state index in [-0.39, 0.29) is 10.7 Å². The van der Waals surface area contributed by atoms with E-state index in [1.807, 2.05) is 20.2 Å². The molecule has 19 heavy (non-hydrogen) atoms.